The number of hydrogen-bond donors (Lipinski definition) is 0. The minimum atomic E-state index is -0.417. The van der Waals surface area contributed by atoms with Crippen molar-refractivity contribution in [1.82, 2.24) is 0 Å². The molecule has 1 atom stereocenters. The normalized spacial score (nSPS) is 19.0. The van der Waals surface area contributed by atoms with E-state index in [1.165, 1.54) is 34.4 Å². The van der Waals surface area contributed by atoms with E-state index < -0.39 is 10.5 Å². The van der Waals surface area contributed by atoms with Crippen molar-refractivity contribution in [3.05, 3.63) is 62.7 Å². The van der Waals surface area contributed by atoms with Gasteiger partial charge in [0.25, 0.3) is 5.69 Å². The van der Waals surface area contributed by atoms with Crippen LogP contribution in [-0.2, 0) is 6.42 Å². The third-order valence-electron chi connectivity index (χ3n) is 4.96. The molecule has 0 saturated heterocycles. The van der Waals surface area contributed by atoms with Crippen molar-refractivity contribution in [3.63, 3.8) is 0 Å². The number of rotatable bonds is 4. The molecule has 1 aliphatic rings. The van der Waals surface area contributed by atoms with Gasteiger partial charge < -0.3 is 9.47 Å². The number of nitro groups is 1. The lowest BCUT2D eigenvalue weighted by Gasteiger charge is -2.37. The molecule has 5 heteroatoms. The maximum atomic E-state index is 10.7. The van der Waals surface area contributed by atoms with Gasteiger partial charge in [-0.05, 0) is 74.9 Å². The van der Waals surface area contributed by atoms with Crippen molar-refractivity contribution >= 4 is 5.69 Å². The summed E-state index contributed by atoms with van der Waals surface area (Å²) in [6.07, 6.45) is 1.83. The maximum absolute atomic E-state index is 10.7. The summed E-state index contributed by atoms with van der Waals surface area (Å²) in [5, 5.41) is 10.7. The average molecular weight is 341 g/mol. The zero-order valence-electron chi connectivity index (χ0n) is 15.1. The summed E-state index contributed by atoms with van der Waals surface area (Å²) in [4.78, 5) is 10.3. The Labute approximate surface area is 147 Å². The fraction of sp³-hybridized carbons (Fsp3) is 0.400. The number of benzene rings is 2. The monoisotopic (exact) mass is 341 g/mol. The third kappa shape index (κ3) is 3.45. The molecule has 1 heterocycles. The van der Waals surface area contributed by atoms with Crippen molar-refractivity contribution in [2.45, 2.75) is 46.1 Å². The molecule has 2 aromatic carbocycles. The van der Waals surface area contributed by atoms with Crippen LogP contribution < -0.4 is 9.47 Å². The lowest BCUT2D eigenvalue weighted by Crippen LogP contribution is -2.42. The van der Waals surface area contributed by atoms with Crippen LogP contribution in [0.25, 0.3) is 0 Å². The van der Waals surface area contributed by atoms with E-state index >= 15 is 0 Å². The summed E-state index contributed by atoms with van der Waals surface area (Å²) < 4.78 is 12.2. The van der Waals surface area contributed by atoms with Crippen LogP contribution in [0, 0.1) is 30.9 Å². The van der Waals surface area contributed by atoms with Crippen molar-refractivity contribution in [3.8, 4) is 11.5 Å². The summed E-state index contributed by atoms with van der Waals surface area (Å²) in [6.45, 7) is 8.78. The van der Waals surface area contributed by atoms with E-state index in [0.717, 1.165) is 18.6 Å². The molecular weight excluding hydrogens is 318 g/mol. The number of hydrogen-bond acceptors (Lipinski definition) is 4. The Balaban J connectivity index is 1.74. The fourth-order valence-electron chi connectivity index (χ4n) is 3.24. The minimum Gasteiger partial charge on any atom is -0.489 e. The Hall–Kier alpha value is -2.56. The van der Waals surface area contributed by atoms with Crippen LogP contribution in [0.15, 0.2) is 30.3 Å². The first-order chi connectivity index (χ1) is 11.8. The molecule has 0 fully saturated rings. The second-order valence-electron chi connectivity index (χ2n) is 7.03. The molecule has 25 heavy (non-hydrogen) atoms. The molecule has 0 saturated carbocycles. The van der Waals surface area contributed by atoms with Gasteiger partial charge in [0, 0.05) is 12.1 Å². The summed E-state index contributed by atoms with van der Waals surface area (Å²) in [6, 6.07) is 8.36. The average Bonchev–Trinajstić information content (AvgIpc) is 2.58. The zero-order chi connectivity index (χ0) is 18.2. The Morgan fingerprint density at radius 3 is 2.52 bits per heavy atom. The SMILES string of the molecule is Cc1cc(C)c2c(c1C)OC(C)(COc1ccc([N+](=O)[O-])cc1)CC2. The van der Waals surface area contributed by atoms with Crippen LogP contribution in [0.4, 0.5) is 5.69 Å². The molecule has 1 aliphatic heterocycles. The lowest BCUT2D eigenvalue weighted by molar-refractivity contribution is -0.384. The topological polar surface area (TPSA) is 61.6 Å². The van der Waals surface area contributed by atoms with Gasteiger partial charge in [-0.25, -0.2) is 0 Å². The Morgan fingerprint density at radius 2 is 1.88 bits per heavy atom. The van der Waals surface area contributed by atoms with Crippen LogP contribution >= 0.6 is 0 Å². The van der Waals surface area contributed by atoms with Gasteiger partial charge in [-0.1, -0.05) is 6.07 Å². The van der Waals surface area contributed by atoms with Crippen molar-refractivity contribution in [1.29, 1.82) is 0 Å². The minimum absolute atomic E-state index is 0.0583. The highest BCUT2D eigenvalue weighted by molar-refractivity contribution is 5.51. The van der Waals surface area contributed by atoms with Gasteiger partial charge >= 0.3 is 0 Å². The van der Waals surface area contributed by atoms with Crippen molar-refractivity contribution < 1.29 is 14.4 Å². The molecule has 0 aromatic heterocycles. The highest BCUT2D eigenvalue weighted by Crippen LogP contribution is 2.39. The molecule has 0 bridgehead atoms. The zero-order valence-corrected chi connectivity index (χ0v) is 15.1. The Bertz CT molecular complexity index is 813. The van der Waals surface area contributed by atoms with E-state index in [2.05, 4.69) is 33.8 Å². The highest BCUT2D eigenvalue weighted by Gasteiger charge is 2.34. The molecule has 0 aliphatic carbocycles. The Kier molecular flexibility index (Phi) is 4.41. The van der Waals surface area contributed by atoms with E-state index in [0.29, 0.717) is 12.4 Å². The predicted molar refractivity (Wildman–Crippen MR) is 96.6 cm³/mol. The second kappa shape index (κ2) is 6.39. The lowest BCUT2D eigenvalue weighted by atomic mass is 9.88. The van der Waals surface area contributed by atoms with Gasteiger partial charge in [0.1, 0.15) is 23.7 Å². The quantitative estimate of drug-likeness (QED) is 0.598. The number of nitro benzene ring substituents is 1. The fourth-order valence-corrected chi connectivity index (χ4v) is 3.24. The highest BCUT2D eigenvalue weighted by atomic mass is 16.6. The van der Waals surface area contributed by atoms with Crippen LogP contribution in [0.5, 0.6) is 11.5 Å². The first-order valence-electron chi connectivity index (χ1n) is 8.45. The first-order valence-corrected chi connectivity index (χ1v) is 8.45. The van der Waals surface area contributed by atoms with Crippen LogP contribution in [0.1, 0.15) is 35.6 Å². The van der Waals surface area contributed by atoms with Crippen molar-refractivity contribution in [2.24, 2.45) is 0 Å². The summed E-state index contributed by atoms with van der Waals surface area (Å²) in [7, 11) is 0. The summed E-state index contributed by atoms with van der Waals surface area (Å²) in [5.41, 5.74) is 4.62. The molecule has 132 valence electrons. The molecule has 2 aromatic rings. The third-order valence-corrected chi connectivity index (χ3v) is 4.96. The smallest absolute Gasteiger partial charge is 0.269 e. The largest absolute Gasteiger partial charge is 0.489 e. The van der Waals surface area contributed by atoms with E-state index in [-0.39, 0.29) is 5.69 Å². The van der Waals surface area contributed by atoms with E-state index in [9.17, 15) is 10.1 Å². The summed E-state index contributed by atoms with van der Waals surface area (Å²) >= 11 is 0. The maximum Gasteiger partial charge on any atom is 0.269 e. The molecule has 0 N–H and O–H groups in total. The van der Waals surface area contributed by atoms with Gasteiger partial charge in [-0.2, -0.15) is 0 Å². The van der Waals surface area contributed by atoms with E-state index in [1.54, 1.807) is 12.1 Å². The summed E-state index contributed by atoms with van der Waals surface area (Å²) in [5.74, 6) is 1.59. The van der Waals surface area contributed by atoms with Gasteiger partial charge in [0.05, 0.1) is 4.92 Å². The molecule has 3 rings (SSSR count). The van der Waals surface area contributed by atoms with Gasteiger partial charge in [-0.15, -0.1) is 0 Å². The second-order valence-corrected chi connectivity index (χ2v) is 7.03. The predicted octanol–water partition coefficient (Wildman–Crippen LogP) is 4.68. The molecule has 1 unspecified atom stereocenters. The van der Waals surface area contributed by atoms with Gasteiger partial charge in [-0.3, -0.25) is 10.1 Å². The molecule has 5 nitrogen and oxygen atoms in total. The van der Waals surface area contributed by atoms with E-state index in [4.69, 9.17) is 9.47 Å². The van der Waals surface area contributed by atoms with Gasteiger partial charge in [0.15, 0.2) is 0 Å². The number of nitrogens with zero attached hydrogens (tertiary/aromatic N) is 1. The van der Waals surface area contributed by atoms with E-state index in [1.807, 2.05) is 0 Å². The Morgan fingerprint density at radius 1 is 1.20 bits per heavy atom. The first kappa shape index (κ1) is 17.3. The number of aryl methyl sites for hydroxylation is 2. The van der Waals surface area contributed by atoms with Crippen LogP contribution in [0.3, 0.4) is 0 Å². The molecule has 0 spiro atoms. The number of fused-ring (bicyclic) bond motifs is 1. The number of non-ortho nitro benzene ring substituents is 1. The number of ether oxygens (including phenoxy) is 2. The van der Waals surface area contributed by atoms with Crippen LogP contribution in [-0.4, -0.2) is 17.1 Å². The standard InChI is InChI=1S/C20H23NO4/c1-13-11-14(2)18-9-10-20(4,25-19(18)15(13)3)12-24-17-7-5-16(6-8-17)21(22)23/h5-8,11H,9-10,12H2,1-4H3. The van der Waals surface area contributed by atoms with Crippen LogP contribution in [0.2, 0.25) is 0 Å². The molecule has 0 radical (unpaired) electrons. The van der Waals surface area contributed by atoms with Gasteiger partial charge in [0.2, 0.25) is 0 Å². The molecule has 0 amide bonds. The van der Waals surface area contributed by atoms with Crippen molar-refractivity contribution in [2.75, 3.05) is 6.61 Å². The molecular formula is C20H23NO4.